The highest BCUT2D eigenvalue weighted by molar-refractivity contribution is 5.69. The quantitative estimate of drug-likeness (QED) is 0.0371. The van der Waals surface area contributed by atoms with Gasteiger partial charge >= 0.3 is 5.97 Å². The zero-order valence-electron chi connectivity index (χ0n) is 35.6. The minimum absolute atomic E-state index is 0.178. The van der Waals surface area contributed by atoms with Crippen molar-refractivity contribution in [2.24, 2.45) is 0 Å². The number of hydrogen-bond donors (Lipinski definition) is 2. The van der Waals surface area contributed by atoms with Gasteiger partial charge in [0.1, 0.15) is 12.7 Å². The van der Waals surface area contributed by atoms with E-state index >= 15 is 0 Å². The molecule has 0 amide bonds. The second kappa shape index (κ2) is 41.9. The molecule has 1 aliphatic heterocycles. The van der Waals surface area contributed by atoms with Crippen molar-refractivity contribution >= 4 is 5.97 Å². The van der Waals surface area contributed by atoms with E-state index in [4.69, 9.17) is 19.3 Å². The van der Waals surface area contributed by atoms with Crippen molar-refractivity contribution in [2.75, 3.05) is 40.5 Å². The normalized spacial score (nSPS) is 17.3. The Bertz CT molecular complexity index is 803. The Morgan fingerprint density at radius 3 is 1.49 bits per heavy atom. The molecule has 0 aromatic heterocycles. The standard InChI is InChI=1S/C28H53NO5.C18H36O/c1-4-5-6-7-8-9-10-11-12-13-14-15-16-17-18-19-22-32-26-23-25(34-28(26)31)24-33-27(30)20-21-29(2)3;1-2-3-4-5-6-7-8-9-10-11-12-13-14-15-16-17-18-19/h11-12,25-26,28,31H,4-10,13-24H2,1-3H3;9-10,19H,2-8,11-18H2,1H3/b12-11-;10-9-/t25-,26?,28+;/m0./s1. The smallest absolute Gasteiger partial charge is 0.307 e. The maximum atomic E-state index is 11.7. The lowest BCUT2D eigenvalue weighted by atomic mass is 10.1. The van der Waals surface area contributed by atoms with Crippen LogP contribution in [-0.2, 0) is 19.0 Å². The van der Waals surface area contributed by atoms with E-state index in [1.807, 2.05) is 19.0 Å². The molecule has 0 radical (unpaired) electrons. The van der Waals surface area contributed by atoms with Gasteiger partial charge in [-0.3, -0.25) is 4.79 Å². The summed E-state index contributed by atoms with van der Waals surface area (Å²) in [6.45, 7) is 6.38. The van der Waals surface area contributed by atoms with E-state index in [2.05, 4.69) is 38.2 Å². The van der Waals surface area contributed by atoms with Gasteiger partial charge in [-0.1, -0.05) is 154 Å². The number of rotatable bonds is 37. The summed E-state index contributed by atoms with van der Waals surface area (Å²) in [4.78, 5) is 13.7. The SMILES string of the molecule is CCCCCCCC/C=C\CCCCCCCCO.CCCCCCCC/C=C\CCCCCCCCOC1C[C@@H](COC(=O)CCN(C)C)O[C@H]1O. The van der Waals surface area contributed by atoms with Crippen LogP contribution in [0.2, 0.25) is 0 Å². The lowest BCUT2D eigenvalue weighted by Gasteiger charge is -2.13. The number of unbranched alkanes of at least 4 members (excludes halogenated alkanes) is 24. The Balaban J connectivity index is 0.00000121. The number of ether oxygens (including phenoxy) is 3. The van der Waals surface area contributed by atoms with Crippen LogP contribution in [0.3, 0.4) is 0 Å². The number of nitrogens with zero attached hydrogens (tertiary/aromatic N) is 1. The molecule has 0 aromatic carbocycles. The van der Waals surface area contributed by atoms with Crippen LogP contribution in [0.4, 0.5) is 0 Å². The van der Waals surface area contributed by atoms with Gasteiger partial charge in [-0.2, -0.15) is 0 Å². The van der Waals surface area contributed by atoms with Crippen LogP contribution in [-0.4, -0.2) is 80.0 Å². The summed E-state index contributed by atoms with van der Waals surface area (Å²) in [5, 5.41) is 18.7. The highest BCUT2D eigenvalue weighted by Crippen LogP contribution is 2.23. The molecule has 1 saturated heterocycles. The Hall–Kier alpha value is -1.25. The molecule has 7 nitrogen and oxygen atoms in total. The summed E-state index contributed by atoms with van der Waals surface area (Å²) < 4.78 is 16.5. The van der Waals surface area contributed by atoms with Crippen LogP contribution in [0.1, 0.15) is 206 Å². The summed E-state index contributed by atoms with van der Waals surface area (Å²) >= 11 is 0. The maximum Gasteiger partial charge on any atom is 0.307 e. The van der Waals surface area contributed by atoms with Crippen molar-refractivity contribution in [3.63, 3.8) is 0 Å². The van der Waals surface area contributed by atoms with Gasteiger partial charge in [0.25, 0.3) is 0 Å². The van der Waals surface area contributed by atoms with E-state index in [-0.39, 0.29) is 24.8 Å². The summed E-state index contributed by atoms with van der Waals surface area (Å²) in [7, 11) is 3.84. The lowest BCUT2D eigenvalue weighted by molar-refractivity contribution is -0.161. The summed E-state index contributed by atoms with van der Waals surface area (Å²) in [5.41, 5.74) is 0. The second-order valence-electron chi connectivity index (χ2n) is 15.6. The van der Waals surface area contributed by atoms with Gasteiger partial charge in [0, 0.05) is 26.2 Å². The summed E-state index contributed by atoms with van der Waals surface area (Å²) in [6.07, 6.45) is 45.3. The second-order valence-corrected chi connectivity index (χ2v) is 15.6. The van der Waals surface area contributed by atoms with Crippen LogP contribution in [0.5, 0.6) is 0 Å². The van der Waals surface area contributed by atoms with Gasteiger partial charge < -0.3 is 29.3 Å². The maximum absolute atomic E-state index is 11.7. The van der Waals surface area contributed by atoms with Crippen molar-refractivity contribution in [3.05, 3.63) is 24.3 Å². The van der Waals surface area contributed by atoms with Crippen LogP contribution in [0.15, 0.2) is 24.3 Å². The number of carbonyl (C=O) groups is 1. The van der Waals surface area contributed by atoms with Crippen LogP contribution < -0.4 is 0 Å². The molecular formula is C46H89NO6. The third kappa shape index (κ3) is 38.8. The van der Waals surface area contributed by atoms with E-state index in [0.717, 1.165) is 19.3 Å². The van der Waals surface area contributed by atoms with Crippen LogP contribution in [0.25, 0.3) is 0 Å². The van der Waals surface area contributed by atoms with Crippen molar-refractivity contribution < 1.29 is 29.2 Å². The van der Waals surface area contributed by atoms with Crippen molar-refractivity contribution in [1.29, 1.82) is 0 Å². The van der Waals surface area contributed by atoms with E-state index in [1.165, 1.54) is 161 Å². The predicted molar refractivity (Wildman–Crippen MR) is 225 cm³/mol. The third-order valence-corrected chi connectivity index (χ3v) is 10.00. The van der Waals surface area contributed by atoms with E-state index in [0.29, 0.717) is 32.6 Å². The van der Waals surface area contributed by atoms with Gasteiger partial charge in [-0.05, 0) is 78.3 Å². The highest BCUT2D eigenvalue weighted by Gasteiger charge is 2.35. The number of aliphatic hydroxyl groups is 2. The van der Waals surface area contributed by atoms with Crippen molar-refractivity contribution in [1.82, 2.24) is 4.90 Å². The van der Waals surface area contributed by atoms with Gasteiger partial charge in [-0.25, -0.2) is 0 Å². The molecule has 1 aliphatic rings. The van der Waals surface area contributed by atoms with Crippen LogP contribution in [0, 0.1) is 0 Å². The molecule has 2 N–H and O–H groups in total. The van der Waals surface area contributed by atoms with Gasteiger partial charge in [0.15, 0.2) is 6.29 Å². The fourth-order valence-electron chi connectivity index (χ4n) is 6.49. The average Bonchev–Trinajstić information content (AvgIpc) is 3.51. The lowest BCUT2D eigenvalue weighted by Crippen LogP contribution is -2.24. The molecule has 1 rings (SSSR count). The zero-order chi connectivity index (χ0) is 38.9. The average molecular weight is 752 g/mol. The van der Waals surface area contributed by atoms with Gasteiger partial charge in [0.05, 0.1) is 12.5 Å². The minimum atomic E-state index is -0.931. The number of hydrogen-bond acceptors (Lipinski definition) is 7. The molecule has 1 fully saturated rings. The monoisotopic (exact) mass is 752 g/mol. The Kier molecular flexibility index (Phi) is 40.9. The molecule has 7 heteroatoms. The summed E-state index contributed by atoms with van der Waals surface area (Å²) in [5.74, 6) is -0.236. The van der Waals surface area contributed by atoms with Crippen molar-refractivity contribution in [3.8, 4) is 0 Å². The first-order valence-corrected chi connectivity index (χ1v) is 22.6. The molecule has 53 heavy (non-hydrogen) atoms. The molecule has 3 atom stereocenters. The minimum Gasteiger partial charge on any atom is -0.463 e. The molecule has 1 heterocycles. The first-order valence-electron chi connectivity index (χ1n) is 22.6. The molecule has 0 aliphatic carbocycles. The van der Waals surface area contributed by atoms with Crippen LogP contribution >= 0.6 is 0 Å². The van der Waals surface area contributed by atoms with Gasteiger partial charge in [0.2, 0.25) is 0 Å². The molecule has 0 saturated carbocycles. The number of allylic oxidation sites excluding steroid dienone is 4. The predicted octanol–water partition coefficient (Wildman–Crippen LogP) is 12.0. The molecule has 0 spiro atoms. The largest absolute Gasteiger partial charge is 0.463 e. The number of esters is 1. The fraction of sp³-hybridized carbons (Fsp3) is 0.891. The molecule has 0 bridgehead atoms. The zero-order valence-corrected chi connectivity index (χ0v) is 35.6. The first kappa shape index (κ1) is 51.8. The molecule has 0 aromatic rings. The van der Waals surface area contributed by atoms with Crippen molar-refractivity contribution in [2.45, 2.75) is 225 Å². The Morgan fingerprint density at radius 1 is 0.642 bits per heavy atom. The Morgan fingerprint density at radius 2 is 1.06 bits per heavy atom. The highest BCUT2D eigenvalue weighted by atomic mass is 16.7. The molecule has 1 unspecified atom stereocenters. The molecule has 314 valence electrons. The molecular weight excluding hydrogens is 663 g/mol. The van der Waals surface area contributed by atoms with E-state index < -0.39 is 6.29 Å². The first-order chi connectivity index (χ1) is 25.9. The van der Waals surface area contributed by atoms with E-state index in [1.54, 1.807) is 0 Å². The number of carbonyl (C=O) groups excluding carboxylic acids is 1. The topological polar surface area (TPSA) is 88.5 Å². The van der Waals surface area contributed by atoms with E-state index in [9.17, 15) is 9.90 Å². The van der Waals surface area contributed by atoms with Gasteiger partial charge in [-0.15, -0.1) is 0 Å². The number of aliphatic hydroxyl groups excluding tert-OH is 2. The third-order valence-electron chi connectivity index (χ3n) is 10.00. The fourth-order valence-corrected chi connectivity index (χ4v) is 6.49. The Labute approximate surface area is 329 Å². The summed E-state index contributed by atoms with van der Waals surface area (Å²) in [6, 6.07) is 0.